The minimum atomic E-state index is -0.456. The quantitative estimate of drug-likeness (QED) is 0.699. The van der Waals surface area contributed by atoms with E-state index in [0.29, 0.717) is 5.41 Å². The summed E-state index contributed by atoms with van der Waals surface area (Å²) in [5.41, 5.74) is 0.146. The largest absolute Gasteiger partial charge is 0.390 e. The Morgan fingerprint density at radius 2 is 1.52 bits per heavy atom. The molecule has 0 unspecified atom stereocenters. The molecule has 0 aromatic heterocycles. The van der Waals surface area contributed by atoms with Gasteiger partial charge in [-0.25, -0.2) is 0 Å². The van der Waals surface area contributed by atoms with Crippen LogP contribution < -0.4 is 0 Å². The Kier molecular flexibility index (Phi) is 3.56. The van der Waals surface area contributed by atoms with Crippen LogP contribution in [0, 0.1) is 34.5 Å². The monoisotopic (exact) mass is 348 g/mol. The van der Waals surface area contributed by atoms with Crippen molar-refractivity contribution in [2.45, 2.75) is 89.9 Å². The summed E-state index contributed by atoms with van der Waals surface area (Å²) in [7, 11) is 0. The van der Waals surface area contributed by atoms with Crippen LogP contribution in [0.3, 0.4) is 0 Å². The fourth-order valence-corrected chi connectivity index (χ4v) is 8.20. The molecule has 0 amide bonds. The Hall–Kier alpha value is -0.120. The normalized spacial score (nSPS) is 57.1. The Morgan fingerprint density at radius 3 is 2.28 bits per heavy atom. The fourth-order valence-electron chi connectivity index (χ4n) is 8.20. The average Bonchev–Trinajstić information content (AvgIpc) is 3.11. The molecule has 1 N–H and O–H groups in total. The van der Waals surface area contributed by atoms with E-state index in [4.69, 9.17) is 9.47 Å². The second kappa shape index (κ2) is 5.23. The molecule has 1 spiro atoms. The van der Waals surface area contributed by atoms with Gasteiger partial charge in [-0.3, -0.25) is 0 Å². The van der Waals surface area contributed by atoms with Crippen LogP contribution in [0.1, 0.15) is 78.6 Å². The van der Waals surface area contributed by atoms with Crippen LogP contribution in [0.2, 0.25) is 0 Å². The third kappa shape index (κ3) is 2.15. The summed E-state index contributed by atoms with van der Waals surface area (Å²) >= 11 is 0. The van der Waals surface area contributed by atoms with E-state index in [-0.39, 0.29) is 11.2 Å². The molecule has 25 heavy (non-hydrogen) atoms. The maximum absolute atomic E-state index is 11.0. The highest BCUT2D eigenvalue weighted by Crippen LogP contribution is 2.69. The van der Waals surface area contributed by atoms with E-state index in [0.717, 1.165) is 56.1 Å². The predicted molar refractivity (Wildman–Crippen MR) is 97.0 cm³/mol. The van der Waals surface area contributed by atoms with Crippen LogP contribution >= 0.6 is 0 Å². The van der Waals surface area contributed by atoms with Crippen molar-refractivity contribution in [2.24, 2.45) is 34.5 Å². The molecule has 0 bridgehead atoms. The highest BCUT2D eigenvalue weighted by molar-refractivity contribution is 5.13. The molecule has 7 atom stereocenters. The lowest BCUT2D eigenvalue weighted by Gasteiger charge is -2.62. The Morgan fingerprint density at radius 1 is 0.800 bits per heavy atom. The standard InChI is InChI=1S/C22H36O3/c1-19-10-11-22(24-12-13-25-22)14-15(19)4-5-16-17(19)6-8-20(2)18(16)7-9-21(20,3)23/h15-18,23H,4-14H2,1-3H3/t15-,16-,17+,18-,19+,20-,21-/m1/s1. The maximum atomic E-state index is 11.0. The molecule has 142 valence electrons. The molecule has 5 aliphatic rings. The summed E-state index contributed by atoms with van der Waals surface area (Å²) in [5.74, 6) is 2.92. The second-order valence-electron chi connectivity index (χ2n) is 10.7. The van der Waals surface area contributed by atoms with Crippen LogP contribution in [0.4, 0.5) is 0 Å². The van der Waals surface area contributed by atoms with E-state index < -0.39 is 5.60 Å². The van der Waals surface area contributed by atoms with E-state index >= 15 is 0 Å². The van der Waals surface area contributed by atoms with Gasteiger partial charge in [0, 0.05) is 12.8 Å². The van der Waals surface area contributed by atoms with Gasteiger partial charge in [-0.2, -0.15) is 0 Å². The van der Waals surface area contributed by atoms with Gasteiger partial charge in [-0.05, 0) is 86.4 Å². The summed E-state index contributed by atoms with van der Waals surface area (Å²) in [6.45, 7) is 8.66. The predicted octanol–water partition coefficient (Wildman–Crippen LogP) is 4.52. The molecule has 1 heterocycles. The van der Waals surface area contributed by atoms with Gasteiger partial charge in [0.05, 0.1) is 18.8 Å². The van der Waals surface area contributed by atoms with Crippen molar-refractivity contribution in [1.82, 2.24) is 0 Å². The minimum Gasteiger partial charge on any atom is -0.390 e. The van der Waals surface area contributed by atoms with Gasteiger partial charge >= 0.3 is 0 Å². The van der Waals surface area contributed by atoms with Gasteiger partial charge in [-0.15, -0.1) is 0 Å². The molecule has 0 radical (unpaired) electrons. The Balaban J connectivity index is 1.41. The van der Waals surface area contributed by atoms with Crippen LogP contribution in [-0.2, 0) is 9.47 Å². The van der Waals surface area contributed by atoms with Crippen LogP contribution in [0.15, 0.2) is 0 Å². The highest BCUT2D eigenvalue weighted by Gasteiger charge is 2.64. The van der Waals surface area contributed by atoms with E-state index in [1.807, 2.05) is 0 Å². The molecule has 4 saturated carbocycles. The Bertz CT molecular complexity index is 551. The van der Waals surface area contributed by atoms with E-state index in [9.17, 15) is 5.11 Å². The first-order chi connectivity index (χ1) is 11.8. The van der Waals surface area contributed by atoms with Gasteiger partial charge in [0.25, 0.3) is 0 Å². The SMILES string of the molecule is C[C@]12CCC3(C[C@H]1CC[C@H]1[C@H]4CC[C@@](C)(O)[C@]4(C)CC[C@@H]12)OCCO3. The van der Waals surface area contributed by atoms with Crippen molar-refractivity contribution in [3.63, 3.8) is 0 Å². The van der Waals surface area contributed by atoms with Crippen molar-refractivity contribution in [3.8, 4) is 0 Å². The highest BCUT2D eigenvalue weighted by atomic mass is 16.7. The van der Waals surface area contributed by atoms with Crippen LogP contribution in [-0.4, -0.2) is 29.7 Å². The lowest BCUT2D eigenvalue weighted by Crippen LogP contribution is -2.57. The molecule has 3 nitrogen and oxygen atoms in total. The lowest BCUT2D eigenvalue weighted by atomic mass is 9.44. The number of hydrogen-bond acceptors (Lipinski definition) is 3. The third-order valence-electron chi connectivity index (χ3n) is 10.0. The molecule has 0 aromatic carbocycles. The number of ether oxygens (including phenoxy) is 2. The van der Waals surface area contributed by atoms with Gasteiger partial charge in [-0.1, -0.05) is 13.8 Å². The van der Waals surface area contributed by atoms with Crippen LogP contribution in [0.5, 0.6) is 0 Å². The van der Waals surface area contributed by atoms with E-state index in [1.54, 1.807) is 0 Å². The van der Waals surface area contributed by atoms with Crippen molar-refractivity contribution in [1.29, 1.82) is 0 Å². The Labute approximate surface area is 152 Å². The number of hydrogen-bond donors (Lipinski definition) is 1. The molecule has 0 aromatic rings. The van der Waals surface area contributed by atoms with Gasteiger partial charge < -0.3 is 14.6 Å². The minimum absolute atomic E-state index is 0.144. The fraction of sp³-hybridized carbons (Fsp3) is 1.00. The van der Waals surface area contributed by atoms with Crippen LogP contribution in [0.25, 0.3) is 0 Å². The number of aliphatic hydroxyl groups is 1. The maximum Gasteiger partial charge on any atom is 0.168 e. The average molecular weight is 349 g/mol. The first-order valence-corrected chi connectivity index (χ1v) is 10.8. The molecular formula is C22H36O3. The van der Waals surface area contributed by atoms with Crippen molar-refractivity contribution >= 4 is 0 Å². The molecule has 1 aliphatic heterocycles. The molecule has 5 fully saturated rings. The smallest absolute Gasteiger partial charge is 0.168 e. The van der Waals surface area contributed by atoms with Crippen molar-refractivity contribution in [2.75, 3.05) is 13.2 Å². The third-order valence-corrected chi connectivity index (χ3v) is 10.0. The number of fused-ring (bicyclic) bond motifs is 5. The molecule has 3 heteroatoms. The van der Waals surface area contributed by atoms with Gasteiger partial charge in [0.1, 0.15) is 0 Å². The zero-order valence-electron chi connectivity index (χ0n) is 16.4. The van der Waals surface area contributed by atoms with Gasteiger partial charge in [0.2, 0.25) is 0 Å². The molecule has 5 rings (SSSR count). The lowest BCUT2D eigenvalue weighted by molar-refractivity contribution is -0.232. The zero-order chi connectivity index (χ0) is 17.5. The van der Waals surface area contributed by atoms with Gasteiger partial charge in [0.15, 0.2) is 5.79 Å². The first kappa shape index (κ1) is 17.0. The summed E-state index contributed by atoms with van der Waals surface area (Å²) in [6.07, 6.45) is 10.9. The molecule has 4 aliphatic carbocycles. The number of rotatable bonds is 0. The van der Waals surface area contributed by atoms with E-state index in [2.05, 4.69) is 20.8 Å². The van der Waals surface area contributed by atoms with Crippen molar-refractivity contribution in [3.05, 3.63) is 0 Å². The first-order valence-electron chi connectivity index (χ1n) is 10.8. The van der Waals surface area contributed by atoms with E-state index in [1.165, 1.54) is 38.5 Å². The molecule has 1 saturated heterocycles. The summed E-state index contributed by atoms with van der Waals surface area (Å²) in [4.78, 5) is 0. The molecular weight excluding hydrogens is 312 g/mol. The topological polar surface area (TPSA) is 38.7 Å². The summed E-state index contributed by atoms with van der Waals surface area (Å²) in [6, 6.07) is 0. The second-order valence-corrected chi connectivity index (χ2v) is 10.7. The van der Waals surface area contributed by atoms with Crippen molar-refractivity contribution < 1.29 is 14.6 Å². The summed E-state index contributed by atoms with van der Waals surface area (Å²) < 4.78 is 12.1. The zero-order valence-corrected chi connectivity index (χ0v) is 16.4. The summed E-state index contributed by atoms with van der Waals surface area (Å²) in [5, 5.41) is 11.0.